The molecule has 0 amide bonds. The van der Waals surface area contributed by atoms with Crippen LogP contribution in [0.25, 0.3) is 11.1 Å². The van der Waals surface area contributed by atoms with Crippen LogP contribution in [0.2, 0.25) is 0 Å². The average Bonchev–Trinajstić information content (AvgIpc) is 2.38. The predicted octanol–water partition coefficient (Wildman–Crippen LogP) is 3.62. The summed E-state index contributed by atoms with van der Waals surface area (Å²) < 4.78 is 0. The van der Waals surface area contributed by atoms with E-state index in [1.165, 1.54) is 33.4 Å². The zero-order valence-electron chi connectivity index (χ0n) is 11.1. The zero-order valence-corrected chi connectivity index (χ0v) is 11.1. The summed E-state index contributed by atoms with van der Waals surface area (Å²) in [5.74, 6) is 0. The summed E-state index contributed by atoms with van der Waals surface area (Å²) in [6.07, 6.45) is 1.14. The van der Waals surface area contributed by atoms with Crippen molar-refractivity contribution < 1.29 is 0 Å². The van der Waals surface area contributed by atoms with E-state index in [2.05, 4.69) is 55.6 Å². The SMILES string of the molecule is Cc1ccc(-c2cccc3c2CCNC3)c(C)c1. The maximum atomic E-state index is 3.44. The molecular weight excluding hydrogens is 218 g/mol. The van der Waals surface area contributed by atoms with Gasteiger partial charge in [-0.15, -0.1) is 0 Å². The Labute approximate surface area is 109 Å². The summed E-state index contributed by atoms with van der Waals surface area (Å²) in [6, 6.07) is 13.4. The first-order valence-electron chi connectivity index (χ1n) is 6.65. The predicted molar refractivity (Wildman–Crippen MR) is 76.8 cm³/mol. The minimum atomic E-state index is 1.01. The second-order valence-corrected chi connectivity index (χ2v) is 5.19. The number of aryl methyl sites for hydroxylation is 2. The van der Waals surface area contributed by atoms with Crippen molar-refractivity contribution in [3.8, 4) is 11.1 Å². The van der Waals surface area contributed by atoms with Gasteiger partial charge in [-0.25, -0.2) is 0 Å². The summed E-state index contributed by atoms with van der Waals surface area (Å²) in [7, 11) is 0. The highest BCUT2D eigenvalue weighted by Crippen LogP contribution is 2.31. The van der Waals surface area contributed by atoms with Crippen LogP contribution in [0.5, 0.6) is 0 Å². The van der Waals surface area contributed by atoms with Crippen LogP contribution < -0.4 is 5.32 Å². The first-order chi connectivity index (χ1) is 8.75. The quantitative estimate of drug-likeness (QED) is 0.799. The smallest absolute Gasteiger partial charge is 0.0208 e. The van der Waals surface area contributed by atoms with Crippen molar-refractivity contribution in [3.05, 3.63) is 58.7 Å². The second-order valence-electron chi connectivity index (χ2n) is 5.19. The van der Waals surface area contributed by atoms with Crippen LogP contribution in [0.15, 0.2) is 36.4 Å². The highest BCUT2D eigenvalue weighted by Gasteiger charge is 2.14. The average molecular weight is 237 g/mol. The number of rotatable bonds is 1. The number of fused-ring (bicyclic) bond motifs is 1. The van der Waals surface area contributed by atoms with Crippen LogP contribution >= 0.6 is 0 Å². The fourth-order valence-corrected chi connectivity index (χ4v) is 2.90. The minimum absolute atomic E-state index is 1.01. The molecule has 1 heterocycles. The fourth-order valence-electron chi connectivity index (χ4n) is 2.90. The maximum absolute atomic E-state index is 3.44. The van der Waals surface area contributed by atoms with E-state index in [1.54, 1.807) is 0 Å². The third-order valence-electron chi connectivity index (χ3n) is 3.81. The van der Waals surface area contributed by atoms with Gasteiger partial charge in [0.25, 0.3) is 0 Å². The molecule has 0 bridgehead atoms. The molecule has 0 saturated carbocycles. The van der Waals surface area contributed by atoms with Gasteiger partial charge in [0.15, 0.2) is 0 Å². The molecular formula is C17H19N. The topological polar surface area (TPSA) is 12.0 Å². The molecule has 18 heavy (non-hydrogen) atoms. The Morgan fingerprint density at radius 2 is 1.89 bits per heavy atom. The molecule has 92 valence electrons. The molecule has 1 aliphatic rings. The van der Waals surface area contributed by atoms with Gasteiger partial charge < -0.3 is 5.32 Å². The Morgan fingerprint density at radius 3 is 2.72 bits per heavy atom. The summed E-state index contributed by atoms with van der Waals surface area (Å²) in [6.45, 7) is 6.47. The van der Waals surface area contributed by atoms with Crippen LogP contribution in [0.4, 0.5) is 0 Å². The Balaban J connectivity index is 2.17. The highest BCUT2D eigenvalue weighted by atomic mass is 14.9. The van der Waals surface area contributed by atoms with Gasteiger partial charge in [0, 0.05) is 6.54 Å². The third kappa shape index (κ3) is 1.95. The Morgan fingerprint density at radius 1 is 1.00 bits per heavy atom. The second kappa shape index (κ2) is 4.58. The Kier molecular flexibility index (Phi) is 2.92. The van der Waals surface area contributed by atoms with E-state index in [1.807, 2.05) is 0 Å². The van der Waals surface area contributed by atoms with E-state index in [4.69, 9.17) is 0 Å². The van der Waals surface area contributed by atoms with Crippen molar-refractivity contribution in [2.24, 2.45) is 0 Å². The number of benzene rings is 2. The summed E-state index contributed by atoms with van der Waals surface area (Å²) in [5.41, 5.74) is 8.51. The molecule has 1 aliphatic heterocycles. The first kappa shape index (κ1) is 11.5. The lowest BCUT2D eigenvalue weighted by Gasteiger charge is -2.21. The molecule has 1 heteroatoms. The van der Waals surface area contributed by atoms with E-state index < -0.39 is 0 Å². The van der Waals surface area contributed by atoms with E-state index in [0.717, 1.165) is 19.5 Å². The maximum Gasteiger partial charge on any atom is 0.0208 e. The fraction of sp³-hybridized carbons (Fsp3) is 0.294. The summed E-state index contributed by atoms with van der Waals surface area (Å²) in [4.78, 5) is 0. The molecule has 1 N–H and O–H groups in total. The van der Waals surface area contributed by atoms with E-state index in [0.29, 0.717) is 0 Å². The van der Waals surface area contributed by atoms with Crippen LogP contribution in [0, 0.1) is 13.8 Å². The van der Waals surface area contributed by atoms with Crippen molar-refractivity contribution in [2.75, 3.05) is 6.54 Å². The van der Waals surface area contributed by atoms with Crippen molar-refractivity contribution in [1.82, 2.24) is 5.32 Å². The number of nitrogens with one attached hydrogen (secondary N) is 1. The lowest BCUT2D eigenvalue weighted by atomic mass is 9.89. The van der Waals surface area contributed by atoms with Gasteiger partial charge in [0.2, 0.25) is 0 Å². The minimum Gasteiger partial charge on any atom is -0.312 e. The molecule has 0 radical (unpaired) electrons. The highest BCUT2D eigenvalue weighted by molar-refractivity contribution is 5.72. The monoisotopic (exact) mass is 237 g/mol. The van der Waals surface area contributed by atoms with Gasteiger partial charge in [0.1, 0.15) is 0 Å². The standard InChI is InChI=1S/C17H19N/c1-12-6-7-15(13(2)10-12)17-5-3-4-14-11-18-9-8-16(14)17/h3-7,10,18H,8-9,11H2,1-2H3. The van der Waals surface area contributed by atoms with Crippen molar-refractivity contribution in [1.29, 1.82) is 0 Å². The van der Waals surface area contributed by atoms with Crippen molar-refractivity contribution >= 4 is 0 Å². The summed E-state index contributed by atoms with van der Waals surface area (Å²) >= 11 is 0. The molecule has 0 aliphatic carbocycles. The van der Waals surface area contributed by atoms with Crippen LogP contribution in [0.1, 0.15) is 22.3 Å². The van der Waals surface area contributed by atoms with Crippen LogP contribution in [-0.2, 0) is 13.0 Å². The molecule has 3 rings (SSSR count). The van der Waals surface area contributed by atoms with Crippen molar-refractivity contribution in [2.45, 2.75) is 26.8 Å². The largest absolute Gasteiger partial charge is 0.312 e. The lowest BCUT2D eigenvalue weighted by molar-refractivity contribution is 0.645. The molecule has 2 aromatic carbocycles. The van der Waals surface area contributed by atoms with Gasteiger partial charge >= 0.3 is 0 Å². The van der Waals surface area contributed by atoms with E-state index in [-0.39, 0.29) is 0 Å². The van der Waals surface area contributed by atoms with Crippen molar-refractivity contribution in [3.63, 3.8) is 0 Å². The molecule has 0 fully saturated rings. The van der Waals surface area contributed by atoms with Crippen LogP contribution in [0.3, 0.4) is 0 Å². The summed E-state index contributed by atoms with van der Waals surface area (Å²) in [5, 5.41) is 3.44. The molecule has 0 aromatic heterocycles. The van der Waals surface area contributed by atoms with Crippen LogP contribution in [-0.4, -0.2) is 6.54 Å². The van der Waals surface area contributed by atoms with Gasteiger partial charge in [-0.3, -0.25) is 0 Å². The number of hydrogen-bond donors (Lipinski definition) is 1. The van der Waals surface area contributed by atoms with E-state index in [9.17, 15) is 0 Å². The van der Waals surface area contributed by atoms with E-state index >= 15 is 0 Å². The van der Waals surface area contributed by atoms with Gasteiger partial charge in [-0.05, 0) is 54.6 Å². The molecule has 2 aromatic rings. The molecule has 0 unspecified atom stereocenters. The Bertz CT molecular complexity index is 584. The number of hydrogen-bond acceptors (Lipinski definition) is 1. The van der Waals surface area contributed by atoms with Gasteiger partial charge in [-0.2, -0.15) is 0 Å². The Hall–Kier alpha value is -1.60. The third-order valence-corrected chi connectivity index (χ3v) is 3.81. The van der Waals surface area contributed by atoms with Gasteiger partial charge in [-0.1, -0.05) is 42.0 Å². The lowest BCUT2D eigenvalue weighted by Crippen LogP contribution is -2.24. The zero-order chi connectivity index (χ0) is 12.5. The normalized spacial score (nSPS) is 14.3. The molecule has 0 saturated heterocycles. The molecule has 0 atom stereocenters. The van der Waals surface area contributed by atoms with Gasteiger partial charge in [0.05, 0.1) is 0 Å². The molecule has 1 nitrogen and oxygen atoms in total. The first-order valence-corrected chi connectivity index (χ1v) is 6.65. The molecule has 0 spiro atoms.